The van der Waals surface area contributed by atoms with Crippen molar-refractivity contribution in [1.82, 2.24) is 5.32 Å². The van der Waals surface area contributed by atoms with E-state index >= 15 is 0 Å². The number of aliphatic imine (C=N–C) groups is 1. The van der Waals surface area contributed by atoms with E-state index in [-0.39, 0.29) is 11.8 Å². The van der Waals surface area contributed by atoms with Gasteiger partial charge in [-0.25, -0.2) is 8.42 Å². The number of amidine groups is 1. The third-order valence-corrected chi connectivity index (χ3v) is 6.00. The molecule has 2 heterocycles. The number of hydrogen-bond acceptors (Lipinski definition) is 5. The molecule has 2 unspecified atom stereocenters. The lowest BCUT2D eigenvalue weighted by molar-refractivity contribution is 0.375. The first-order chi connectivity index (χ1) is 8.23. The minimum atomic E-state index is -2.81. The van der Waals surface area contributed by atoms with Gasteiger partial charge >= 0.3 is 0 Å². The maximum atomic E-state index is 11.4. The summed E-state index contributed by atoms with van der Waals surface area (Å²) in [4.78, 5) is 4.49. The summed E-state index contributed by atoms with van der Waals surface area (Å²) in [6.45, 7) is 7.57. The smallest absolute Gasteiger partial charge is 0.157 e. The van der Waals surface area contributed by atoms with E-state index in [0.29, 0.717) is 22.8 Å². The van der Waals surface area contributed by atoms with Gasteiger partial charge in [0.25, 0.3) is 0 Å². The molecule has 0 saturated carbocycles. The van der Waals surface area contributed by atoms with Crippen molar-refractivity contribution in [3.63, 3.8) is 0 Å². The fourth-order valence-electron chi connectivity index (χ4n) is 2.37. The van der Waals surface area contributed by atoms with Crippen molar-refractivity contribution in [3.8, 4) is 0 Å². The Labute approximate surface area is 114 Å². The van der Waals surface area contributed by atoms with Crippen LogP contribution in [0.25, 0.3) is 0 Å². The predicted molar refractivity (Wildman–Crippen MR) is 77.9 cm³/mol. The zero-order valence-electron chi connectivity index (χ0n) is 11.3. The van der Waals surface area contributed by atoms with Crippen molar-refractivity contribution in [2.75, 3.05) is 18.1 Å². The van der Waals surface area contributed by atoms with Gasteiger partial charge in [0.1, 0.15) is 0 Å². The third-order valence-electron chi connectivity index (χ3n) is 3.12. The van der Waals surface area contributed by atoms with Gasteiger partial charge in [0, 0.05) is 11.3 Å². The fraction of sp³-hybridized carbons (Fsp3) is 0.917. The zero-order chi connectivity index (χ0) is 13.4. The molecule has 1 fully saturated rings. The van der Waals surface area contributed by atoms with Gasteiger partial charge in [-0.1, -0.05) is 32.5 Å². The van der Waals surface area contributed by atoms with Crippen LogP contribution in [0.1, 0.15) is 33.6 Å². The second-order valence-corrected chi connectivity index (χ2v) is 9.91. The van der Waals surface area contributed by atoms with Crippen LogP contribution >= 0.6 is 11.8 Å². The number of nitrogens with zero attached hydrogens (tertiary/aromatic N) is 1. The fourth-order valence-corrected chi connectivity index (χ4v) is 5.47. The molecule has 0 spiro atoms. The van der Waals surface area contributed by atoms with E-state index in [0.717, 1.165) is 18.1 Å². The first-order valence-electron chi connectivity index (χ1n) is 6.42. The topological polar surface area (TPSA) is 58.5 Å². The molecule has 0 radical (unpaired) electrons. The molecule has 0 amide bonds. The summed E-state index contributed by atoms with van der Waals surface area (Å²) in [6, 6.07) is 0.0645. The summed E-state index contributed by atoms with van der Waals surface area (Å²) >= 11 is 1.77. The van der Waals surface area contributed by atoms with E-state index in [1.165, 1.54) is 0 Å². The number of nitrogens with one attached hydrogen (secondary N) is 1. The number of sulfone groups is 1. The Bertz CT molecular complexity index is 437. The van der Waals surface area contributed by atoms with E-state index < -0.39 is 9.84 Å². The van der Waals surface area contributed by atoms with Gasteiger partial charge in [0.2, 0.25) is 0 Å². The van der Waals surface area contributed by atoms with E-state index in [1.54, 1.807) is 11.8 Å². The Kier molecular flexibility index (Phi) is 3.97. The van der Waals surface area contributed by atoms with E-state index in [1.807, 2.05) is 0 Å². The van der Waals surface area contributed by atoms with Crippen molar-refractivity contribution in [2.24, 2.45) is 10.4 Å². The van der Waals surface area contributed by atoms with Crippen LogP contribution in [0, 0.1) is 5.41 Å². The largest absolute Gasteiger partial charge is 0.361 e. The molecule has 0 aromatic carbocycles. The molecule has 1 saturated heterocycles. The summed E-state index contributed by atoms with van der Waals surface area (Å²) in [5.41, 5.74) is 0.319. The minimum Gasteiger partial charge on any atom is -0.361 e. The molecule has 2 rings (SSSR count). The summed E-state index contributed by atoms with van der Waals surface area (Å²) in [7, 11) is -2.81. The van der Waals surface area contributed by atoms with Crippen LogP contribution in [0.2, 0.25) is 0 Å². The maximum absolute atomic E-state index is 11.4. The second-order valence-electron chi connectivity index (χ2n) is 6.39. The SMILES string of the molecule is CC(C)(C)CC1CN=C(NC2CCS(=O)(=O)C2)S1. The van der Waals surface area contributed by atoms with Gasteiger partial charge < -0.3 is 5.32 Å². The van der Waals surface area contributed by atoms with Crippen LogP contribution in [0.15, 0.2) is 4.99 Å². The molecule has 2 aliphatic heterocycles. The quantitative estimate of drug-likeness (QED) is 0.840. The van der Waals surface area contributed by atoms with Crippen molar-refractivity contribution in [2.45, 2.75) is 44.9 Å². The first-order valence-corrected chi connectivity index (χ1v) is 9.12. The lowest BCUT2D eigenvalue weighted by atomic mass is 9.90. The molecule has 104 valence electrons. The van der Waals surface area contributed by atoms with Crippen molar-refractivity contribution in [1.29, 1.82) is 0 Å². The molecule has 0 aromatic rings. The van der Waals surface area contributed by atoms with Gasteiger partial charge in [-0.3, -0.25) is 4.99 Å². The molecule has 18 heavy (non-hydrogen) atoms. The molecule has 0 aliphatic carbocycles. The molecular weight excluding hydrogens is 268 g/mol. The lowest BCUT2D eigenvalue weighted by Gasteiger charge is -2.21. The zero-order valence-corrected chi connectivity index (χ0v) is 12.9. The van der Waals surface area contributed by atoms with Crippen LogP contribution in [-0.2, 0) is 9.84 Å². The summed E-state index contributed by atoms with van der Waals surface area (Å²) in [5.74, 6) is 0.574. The van der Waals surface area contributed by atoms with Gasteiger partial charge in [-0.05, 0) is 18.3 Å². The Morgan fingerprint density at radius 3 is 2.72 bits per heavy atom. The monoisotopic (exact) mass is 290 g/mol. The first kappa shape index (κ1) is 14.2. The highest BCUT2D eigenvalue weighted by atomic mass is 32.2. The molecular formula is C12H22N2O2S2. The van der Waals surface area contributed by atoms with Gasteiger partial charge in [-0.15, -0.1) is 0 Å². The Balaban J connectivity index is 1.80. The van der Waals surface area contributed by atoms with Crippen LogP contribution < -0.4 is 5.32 Å². The Morgan fingerprint density at radius 2 is 2.17 bits per heavy atom. The van der Waals surface area contributed by atoms with E-state index in [9.17, 15) is 8.42 Å². The van der Waals surface area contributed by atoms with Gasteiger partial charge in [0.15, 0.2) is 15.0 Å². The average Bonchev–Trinajstić information content (AvgIpc) is 2.71. The molecule has 0 bridgehead atoms. The lowest BCUT2D eigenvalue weighted by Crippen LogP contribution is -2.33. The maximum Gasteiger partial charge on any atom is 0.157 e. The van der Waals surface area contributed by atoms with E-state index in [2.05, 4.69) is 31.1 Å². The molecule has 2 aliphatic rings. The highest BCUT2D eigenvalue weighted by Crippen LogP contribution is 2.31. The van der Waals surface area contributed by atoms with Crippen LogP contribution in [0.3, 0.4) is 0 Å². The van der Waals surface area contributed by atoms with Crippen LogP contribution in [-0.4, -0.2) is 42.9 Å². The molecule has 1 N–H and O–H groups in total. The molecule has 0 aromatic heterocycles. The number of hydrogen-bond donors (Lipinski definition) is 1. The standard InChI is InChI=1S/C12H22N2O2S2/c1-12(2,3)6-10-7-13-11(17-10)14-9-4-5-18(15,16)8-9/h9-10H,4-8H2,1-3H3,(H,13,14). The van der Waals surface area contributed by atoms with Crippen LogP contribution in [0.5, 0.6) is 0 Å². The van der Waals surface area contributed by atoms with Crippen molar-refractivity contribution < 1.29 is 8.42 Å². The minimum absolute atomic E-state index is 0.0645. The van der Waals surface area contributed by atoms with Crippen molar-refractivity contribution in [3.05, 3.63) is 0 Å². The highest BCUT2D eigenvalue weighted by molar-refractivity contribution is 8.14. The molecule has 2 atom stereocenters. The Morgan fingerprint density at radius 1 is 1.44 bits per heavy atom. The normalized spacial score (nSPS) is 31.4. The molecule has 4 nitrogen and oxygen atoms in total. The number of thioether (sulfide) groups is 1. The number of rotatable bonds is 2. The second kappa shape index (κ2) is 5.04. The Hall–Kier alpha value is -0.230. The highest BCUT2D eigenvalue weighted by Gasteiger charge is 2.31. The molecule has 6 heteroatoms. The van der Waals surface area contributed by atoms with Gasteiger partial charge in [-0.2, -0.15) is 0 Å². The summed E-state index contributed by atoms with van der Waals surface area (Å²) < 4.78 is 22.8. The predicted octanol–water partition coefficient (Wildman–Crippen LogP) is 1.67. The van der Waals surface area contributed by atoms with Crippen molar-refractivity contribution >= 4 is 26.8 Å². The van der Waals surface area contributed by atoms with Gasteiger partial charge in [0.05, 0.1) is 18.1 Å². The van der Waals surface area contributed by atoms with E-state index in [4.69, 9.17) is 0 Å². The summed E-state index contributed by atoms with van der Waals surface area (Å²) in [6.07, 6.45) is 1.85. The summed E-state index contributed by atoms with van der Waals surface area (Å²) in [5, 5.41) is 4.75. The average molecular weight is 290 g/mol. The van der Waals surface area contributed by atoms with Crippen LogP contribution in [0.4, 0.5) is 0 Å². The third kappa shape index (κ3) is 4.16.